The molecule has 0 saturated heterocycles. The molecule has 0 bridgehead atoms. The first-order chi connectivity index (χ1) is 11.1. The van der Waals surface area contributed by atoms with Gasteiger partial charge < -0.3 is 10.3 Å². The van der Waals surface area contributed by atoms with Gasteiger partial charge in [-0.25, -0.2) is 4.57 Å². The highest BCUT2D eigenvalue weighted by molar-refractivity contribution is 6.31. The largest absolute Gasteiger partial charge is 0.481 e. The molecule has 1 atom stereocenters. The Balaban J connectivity index is 2.72. The molecule has 9 heteroatoms. The molecule has 128 valence electrons. The molecule has 2 rings (SSSR count). The molecule has 0 aliphatic rings. The van der Waals surface area contributed by atoms with Gasteiger partial charge in [-0.3, -0.25) is 14.9 Å². The summed E-state index contributed by atoms with van der Waals surface area (Å²) in [7, 11) is 1.69. The lowest BCUT2D eigenvalue weighted by atomic mass is 9.94. The van der Waals surface area contributed by atoms with Crippen molar-refractivity contribution >= 4 is 23.3 Å². The van der Waals surface area contributed by atoms with E-state index in [1.54, 1.807) is 25.5 Å². The first-order valence-electron chi connectivity index (χ1n) is 7.07. The lowest BCUT2D eigenvalue weighted by Gasteiger charge is -2.13. The van der Waals surface area contributed by atoms with Gasteiger partial charge in [-0.2, -0.15) is 0 Å². The number of hydrogen-bond donors (Lipinski definition) is 2. The maximum Gasteiger partial charge on any atom is 0.304 e. The summed E-state index contributed by atoms with van der Waals surface area (Å²) in [6, 6.07) is 3.85. The highest BCUT2D eigenvalue weighted by Crippen LogP contribution is 2.34. The lowest BCUT2D eigenvalue weighted by Crippen LogP contribution is -2.37. The number of aromatic nitrogens is 2. The number of nitrogens with zero attached hydrogens (tertiary/aromatic N) is 3. The summed E-state index contributed by atoms with van der Waals surface area (Å²) < 4.78 is 2.55. The van der Waals surface area contributed by atoms with E-state index in [1.165, 1.54) is 18.2 Å². The Morgan fingerprint density at radius 2 is 2.08 bits per heavy atom. The third-order valence-corrected chi connectivity index (χ3v) is 4.51. The fourth-order valence-electron chi connectivity index (χ4n) is 2.69. The van der Waals surface area contributed by atoms with Crippen LogP contribution in [0.1, 0.15) is 35.1 Å². The van der Waals surface area contributed by atoms with Crippen LogP contribution in [-0.4, -0.2) is 25.9 Å². The Morgan fingerprint density at radius 1 is 1.46 bits per heavy atom. The van der Waals surface area contributed by atoms with Crippen LogP contribution in [-0.2, 0) is 11.8 Å². The van der Waals surface area contributed by atoms with Crippen LogP contribution in [0.25, 0.3) is 0 Å². The van der Waals surface area contributed by atoms with E-state index in [0.29, 0.717) is 5.69 Å². The average Bonchev–Trinajstić information content (AvgIpc) is 2.69. The van der Waals surface area contributed by atoms with Crippen molar-refractivity contribution in [3.8, 4) is 0 Å². The number of benzene rings is 1. The molecule has 0 aliphatic heterocycles. The van der Waals surface area contributed by atoms with Crippen molar-refractivity contribution < 1.29 is 24.6 Å². The number of halogens is 1. The Hall–Kier alpha value is -2.61. The number of carboxylic acid groups (broad SMARTS) is 1. The molecule has 1 heterocycles. The fraction of sp³-hybridized carbons (Fsp3) is 0.333. The molecule has 2 aromatic rings. The molecule has 24 heavy (non-hydrogen) atoms. The Morgan fingerprint density at radius 3 is 2.54 bits per heavy atom. The predicted molar refractivity (Wildman–Crippen MR) is 84.5 cm³/mol. The summed E-state index contributed by atoms with van der Waals surface area (Å²) in [5.74, 6) is -1.67. The second-order valence-corrected chi connectivity index (χ2v) is 5.92. The van der Waals surface area contributed by atoms with E-state index in [0.717, 1.165) is 10.4 Å². The summed E-state index contributed by atoms with van der Waals surface area (Å²) in [6.07, 6.45) is -0.377. The molecule has 0 spiro atoms. The summed E-state index contributed by atoms with van der Waals surface area (Å²) in [4.78, 5) is 21.8. The van der Waals surface area contributed by atoms with Crippen LogP contribution >= 0.6 is 11.6 Å². The number of nitro groups is 1. The number of imidazole rings is 1. The van der Waals surface area contributed by atoms with Crippen LogP contribution in [0, 0.1) is 24.0 Å². The van der Waals surface area contributed by atoms with Gasteiger partial charge >= 0.3 is 11.8 Å². The zero-order chi connectivity index (χ0) is 18.2. The maximum absolute atomic E-state index is 11.3. The van der Waals surface area contributed by atoms with Gasteiger partial charge in [-0.1, -0.05) is 11.6 Å². The highest BCUT2D eigenvalue weighted by atomic mass is 35.5. The Kier molecular flexibility index (Phi) is 4.79. The molecular weight excluding hydrogens is 338 g/mol. The summed E-state index contributed by atoms with van der Waals surface area (Å²) >= 11 is 6.16. The smallest absolute Gasteiger partial charge is 0.304 e. The van der Waals surface area contributed by atoms with Crippen molar-refractivity contribution in [1.82, 2.24) is 4.73 Å². The monoisotopic (exact) mass is 354 g/mol. The van der Waals surface area contributed by atoms with Gasteiger partial charge in [0.05, 0.1) is 18.4 Å². The summed E-state index contributed by atoms with van der Waals surface area (Å²) in [6.45, 7) is 3.46. The minimum atomic E-state index is -1.11. The van der Waals surface area contributed by atoms with Crippen LogP contribution in [0.2, 0.25) is 5.02 Å². The Labute approximate surface area is 142 Å². The van der Waals surface area contributed by atoms with E-state index in [1.807, 2.05) is 0 Å². The summed E-state index contributed by atoms with van der Waals surface area (Å²) in [5, 5.41) is 30.8. The molecular formula is C15H17ClN3O5+. The van der Waals surface area contributed by atoms with Gasteiger partial charge in [0.2, 0.25) is 0 Å². The third kappa shape index (κ3) is 3.05. The molecule has 1 aromatic carbocycles. The van der Waals surface area contributed by atoms with Crippen LogP contribution < -0.4 is 4.57 Å². The van der Waals surface area contributed by atoms with Gasteiger partial charge in [0, 0.05) is 31.0 Å². The summed E-state index contributed by atoms with van der Waals surface area (Å²) in [5.41, 5.74) is 1.36. The number of aliphatic carboxylic acids is 1. The van der Waals surface area contributed by atoms with Crippen molar-refractivity contribution in [3.63, 3.8) is 0 Å². The van der Waals surface area contributed by atoms with Crippen molar-refractivity contribution in [1.29, 1.82) is 0 Å². The van der Waals surface area contributed by atoms with Crippen LogP contribution in [0.15, 0.2) is 18.2 Å². The van der Waals surface area contributed by atoms with Gasteiger partial charge in [0.15, 0.2) is 5.69 Å². The SMILES string of the molecule is Cc1c(C)[n+](C)c(C(CC(=O)O)c2cc([N+](=O)[O-])ccc2Cl)n1O. The van der Waals surface area contributed by atoms with Crippen molar-refractivity contribution in [2.24, 2.45) is 7.05 Å². The number of nitro benzene ring substituents is 1. The van der Waals surface area contributed by atoms with Gasteiger partial charge in [0.1, 0.15) is 11.6 Å². The van der Waals surface area contributed by atoms with Gasteiger partial charge in [0.25, 0.3) is 5.69 Å². The molecule has 0 amide bonds. The van der Waals surface area contributed by atoms with E-state index in [-0.39, 0.29) is 28.5 Å². The van der Waals surface area contributed by atoms with Gasteiger partial charge in [-0.05, 0) is 16.4 Å². The third-order valence-electron chi connectivity index (χ3n) is 4.16. The zero-order valence-electron chi connectivity index (χ0n) is 13.4. The standard InChI is InChI=1S/C15H16ClN3O5/c1-8-9(2)18(22)15(17(8)3)12(7-14(20)21)11-6-10(19(23)24)4-5-13(11)16/h4-6,12H,7H2,1-3H3,(H-,20,21,22)/p+1. The normalized spacial score (nSPS) is 12.2. The number of carboxylic acids is 1. The van der Waals surface area contributed by atoms with Crippen molar-refractivity contribution in [2.75, 3.05) is 0 Å². The number of hydrogen-bond acceptors (Lipinski definition) is 4. The lowest BCUT2D eigenvalue weighted by molar-refractivity contribution is -0.686. The van der Waals surface area contributed by atoms with Crippen molar-refractivity contribution in [2.45, 2.75) is 26.2 Å². The molecule has 0 radical (unpaired) electrons. The molecule has 0 aliphatic carbocycles. The number of carbonyl (C=O) groups is 1. The number of non-ortho nitro benzene ring substituents is 1. The highest BCUT2D eigenvalue weighted by Gasteiger charge is 2.35. The molecule has 2 N–H and O–H groups in total. The first-order valence-corrected chi connectivity index (χ1v) is 7.45. The predicted octanol–water partition coefficient (Wildman–Crippen LogP) is 2.33. The zero-order valence-corrected chi connectivity index (χ0v) is 14.1. The molecule has 0 fully saturated rings. The van der Waals surface area contributed by atoms with Crippen LogP contribution in [0.5, 0.6) is 0 Å². The van der Waals surface area contributed by atoms with E-state index in [9.17, 15) is 25.2 Å². The first kappa shape index (κ1) is 17.7. The second kappa shape index (κ2) is 6.48. The maximum atomic E-state index is 11.3. The Bertz CT molecular complexity index is 806. The quantitative estimate of drug-likeness (QED) is 0.370. The molecule has 0 saturated carbocycles. The topological polar surface area (TPSA) is 109 Å². The number of rotatable bonds is 5. The van der Waals surface area contributed by atoms with Crippen LogP contribution in [0.4, 0.5) is 5.69 Å². The van der Waals surface area contributed by atoms with Crippen molar-refractivity contribution in [3.05, 3.63) is 56.1 Å². The molecule has 8 nitrogen and oxygen atoms in total. The minimum Gasteiger partial charge on any atom is -0.481 e. The van der Waals surface area contributed by atoms with Crippen LogP contribution in [0.3, 0.4) is 0 Å². The average molecular weight is 355 g/mol. The van der Waals surface area contributed by atoms with E-state index < -0.39 is 16.8 Å². The van der Waals surface area contributed by atoms with E-state index >= 15 is 0 Å². The van der Waals surface area contributed by atoms with E-state index in [2.05, 4.69) is 0 Å². The molecule has 1 aromatic heterocycles. The van der Waals surface area contributed by atoms with Gasteiger partial charge in [-0.15, -0.1) is 0 Å². The van der Waals surface area contributed by atoms with E-state index in [4.69, 9.17) is 11.6 Å². The fourth-order valence-corrected chi connectivity index (χ4v) is 2.94. The molecule has 1 unspecified atom stereocenters. The minimum absolute atomic E-state index is 0.197. The second-order valence-electron chi connectivity index (χ2n) is 5.51.